The van der Waals surface area contributed by atoms with E-state index in [0.717, 1.165) is 0 Å². The molecule has 0 fully saturated rings. The van der Waals surface area contributed by atoms with Gasteiger partial charge in [0.15, 0.2) is 0 Å². The third-order valence-electron chi connectivity index (χ3n) is 7.26. The number of furan rings is 1. The lowest BCUT2D eigenvalue weighted by molar-refractivity contribution is 0.0964. The molecule has 6 aromatic rings. The highest BCUT2D eigenvalue weighted by atomic mass is 19.1. The second-order valence-corrected chi connectivity index (χ2v) is 9.85. The molecule has 43 heavy (non-hydrogen) atoms. The number of fused-ring (bicyclic) bond motifs is 2. The first kappa shape index (κ1) is 27.7. The Morgan fingerprint density at radius 2 is 1.63 bits per heavy atom. The van der Waals surface area contributed by atoms with Gasteiger partial charge >= 0.3 is 0 Å². The number of hydrogen-bond acceptors (Lipinski definition) is 7. The summed E-state index contributed by atoms with van der Waals surface area (Å²) in [6, 6.07) is 20.3. The molecule has 6 rings (SSSR count). The number of hydroxylamine groups is 1. The minimum Gasteiger partial charge on any atom is -0.455 e. The Bertz CT molecular complexity index is 2050. The molecule has 4 aromatic carbocycles. The summed E-state index contributed by atoms with van der Waals surface area (Å²) in [5.41, 5.74) is 3.86. The van der Waals surface area contributed by atoms with E-state index in [4.69, 9.17) is 9.25 Å². The van der Waals surface area contributed by atoms with E-state index in [1.807, 2.05) is 0 Å². The normalized spacial score (nSPS) is 11.3. The average Bonchev–Trinajstić information content (AvgIpc) is 3.40. The summed E-state index contributed by atoms with van der Waals surface area (Å²) >= 11 is 0. The number of carbonyl (C=O) groups excluding carboxylic acids is 1. The van der Waals surface area contributed by atoms with Crippen LogP contribution in [0.2, 0.25) is 0 Å². The number of halogens is 2. The number of amides is 1. The Morgan fingerprint density at radius 3 is 2.30 bits per heavy atom. The van der Waals surface area contributed by atoms with Crippen LogP contribution in [0.4, 0.5) is 14.5 Å². The van der Waals surface area contributed by atoms with Crippen LogP contribution < -0.4 is 15.9 Å². The molecule has 0 radical (unpaired) electrons. The lowest BCUT2D eigenvalue weighted by Gasteiger charge is -2.20. The van der Waals surface area contributed by atoms with Gasteiger partial charge in [-0.15, -0.1) is 5.10 Å². The summed E-state index contributed by atoms with van der Waals surface area (Å²) in [7, 11) is 4.75. The van der Waals surface area contributed by atoms with Crippen molar-refractivity contribution in [2.24, 2.45) is 0 Å². The fourth-order valence-electron chi connectivity index (χ4n) is 4.99. The van der Waals surface area contributed by atoms with Crippen LogP contribution in [0.3, 0.4) is 0 Å². The van der Waals surface area contributed by atoms with E-state index in [0.29, 0.717) is 49.8 Å². The van der Waals surface area contributed by atoms with Gasteiger partial charge in [0, 0.05) is 36.7 Å². The monoisotopic (exact) mass is 581 g/mol. The van der Waals surface area contributed by atoms with Crippen molar-refractivity contribution in [3.8, 4) is 22.5 Å². The molecule has 0 unspecified atom stereocenters. The zero-order valence-electron chi connectivity index (χ0n) is 23.4. The molecule has 0 aliphatic carbocycles. The van der Waals surface area contributed by atoms with E-state index in [-0.39, 0.29) is 35.2 Å². The van der Waals surface area contributed by atoms with E-state index < -0.39 is 5.82 Å². The van der Waals surface area contributed by atoms with E-state index in [1.54, 1.807) is 61.6 Å². The molecule has 0 aliphatic rings. The third kappa shape index (κ3) is 5.10. The second kappa shape index (κ2) is 11.1. The second-order valence-electron chi connectivity index (χ2n) is 9.85. The maximum Gasteiger partial charge on any atom is 0.277 e. The molecule has 11 heteroatoms. The van der Waals surface area contributed by atoms with Gasteiger partial charge in [0.2, 0.25) is 0 Å². The molecule has 1 amide bonds. The maximum absolute atomic E-state index is 13.7. The van der Waals surface area contributed by atoms with Crippen molar-refractivity contribution in [2.75, 3.05) is 26.3 Å². The molecular formula is C32H25F2N5O4. The van der Waals surface area contributed by atoms with Crippen LogP contribution in [0.25, 0.3) is 44.3 Å². The number of carbonyl (C=O) groups is 1. The van der Waals surface area contributed by atoms with Gasteiger partial charge in [-0.05, 0) is 65.7 Å². The summed E-state index contributed by atoms with van der Waals surface area (Å²) < 4.78 is 34.4. The lowest BCUT2D eigenvalue weighted by Crippen LogP contribution is -2.24. The molecule has 9 nitrogen and oxygen atoms in total. The first-order valence-electron chi connectivity index (χ1n) is 13.3. The van der Waals surface area contributed by atoms with Gasteiger partial charge in [-0.25, -0.2) is 13.5 Å². The molecule has 0 saturated carbocycles. The Hall–Kier alpha value is -5.42. The Kier molecular flexibility index (Phi) is 7.16. The van der Waals surface area contributed by atoms with E-state index in [2.05, 4.69) is 15.6 Å². The van der Waals surface area contributed by atoms with Crippen LogP contribution in [0.1, 0.15) is 15.9 Å². The Morgan fingerprint density at radius 1 is 0.953 bits per heavy atom. The van der Waals surface area contributed by atoms with Crippen molar-refractivity contribution in [1.29, 1.82) is 0 Å². The van der Waals surface area contributed by atoms with Gasteiger partial charge in [0.1, 0.15) is 28.5 Å². The number of aromatic nitrogens is 3. The number of anilines is 1. The quantitative estimate of drug-likeness (QED) is 0.247. The molecular weight excluding hydrogens is 556 g/mol. The lowest BCUT2D eigenvalue weighted by atomic mass is 9.97. The largest absolute Gasteiger partial charge is 0.455 e. The van der Waals surface area contributed by atoms with Gasteiger partial charge in [0.05, 0.1) is 30.3 Å². The van der Waals surface area contributed by atoms with Gasteiger partial charge in [-0.2, -0.15) is 0 Å². The molecule has 0 bridgehead atoms. The summed E-state index contributed by atoms with van der Waals surface area (Å²) in [5.74, 6) is -0.879. The van der Waals surface area contributed by atoms with Gasteiger partial charge in [0.25, 0.3) is 11.5 Å². The fourth-order valence-corrected chi connectivity index (χ4v) is 4.99. The molecule has 0 spiro atoms. The van der Waals surface area contributed by atoms with Crippen molar-refractivity contribution in [3.05, 3.63) is 112 Å². The summed E-state index contributed by atoms with van der Waals surface area (Å²) in [6.45, 7) is 0.118. The third-order valence-corrected chi connectivity index (χ3v) is 7.26. The molecule has 0 atom stereocenters. The number of nitrogens with one attached hydrogen (secondary N) is 1. The fraction of sp³-hybridized carbons (Fsp3) is 0.125. The van der Waals surface area contributed by atoms with Crippen LogP contribution in [-0.4, -0.2) is 42.1 Å². The SMILES string of the molecule is CNC(=O)c1c(-c2ccc(F)cc2)oc2cc(N(C)OC)c(-c3ccc4nnn(Cc5ccc(F)cc5)c(=O)c4c3)cc12. The van der Waals surface area contributed by atoms with Crippen LogP contribution in [0.15, 0.2) is 88.1 Å². The molecule has 0 aliphatic heterocycles. The number of nitrogens with zero attached hydrogens (tertiary/aromatic N) is 4. The van der Waals surface area contributed by atoms with E-state index >= 15 is 0 Å². The Labute approximate surface area is 243 Å². The minimum absolute atomic E-state index is 0.118. The standard InChI is InChI=1S/C32H25F2N5O4/c1-35-31(40)29-25-15-23(27(38(2)42-3)16-28(25)43-30(29)19-6-11-22(34)12-7-19)20-8-13-26-24(14-20)32(41)39(37-36-26)17-18-4-9-21(33)10-5-18/h4-16H,17H2,1-3H3,(H,35,40). The zero-order chi connectivity index (χ0) is 30.2. The zero-order valence-corrected chi connectivity index (χ0v) is 23.4. The van der Waals surface area contributed by atoms with Crippen molar-refractivity contribution in [2.45, 2.75) is 6.54 Å². The number of rotatable bonds is 7. The van der Waals surface area contributed by atoms with Crippen LogP contribution in [-0.2, 0) is 11.4 Å². The highest BCUT2D eigenvalue weighted by Gasteiger charge is 2.24. The van der Waals surface area contributed by atoms with Gasteiger partial charge < -0.3 is 9.73 Å². The van der Waals surface area contributed by atoms with E-state index in [9.17, 15) is 18.4 Å². The predicted molar refractivity (Wildman–Crippen MR) is 159 cm³/mol. The topological polar surface area (TPSA) is 102 Å². The number of hydrogen-bond donors (Lipinski definition) is 1. The Balaban J connectivity index is 1.54. The van der Waals surface area contributed by atoms with Crippen molar-refractivity contribution in [1.82, 2.24) is 20.3 Å². The van der Waals surface area contributed by atoms with Crippen LogP contribution in [0.5, 0.6) is 0 Å². The van der Waals surface area contributed by atoms with Gasteiger partial charge in [-0.1, -0.05) is 23.4 Å². The number of benzene rings is 4. The average molecular weight is 582 g/mol. The first-order valence-corrected chi connectivity index (χ1v) is 13.3. The molecule has 2 aromatic heterocycles. The van der Waals surface area contributed by atoms with Crippen LogP contribution >= 0.6 is 0 Å². The molecule has 0 saturated heterocycles. The van der Waals surface area contributed by atoms with E-state index in [1.165, 1.54) is 48.2 Å². The maximum atomic E-state index is 13.7. The van der Waals surface area contributed by atoms with Crippen molar-refractivity contribution < 1.29 is 22.8 Å². The summed E-state index contributed by atoms with van der Waals surface area (Å²) in [4.78, 5) is 32.1. The molecule has 216 valence electrons. The molecule has 2 heterocycles. The van der Waals surface area contributed by atoms with Crippen molar-refractivity contribution >= 4 is 33.5 Å². The summed E-state index contributed by atoms with van der Waals surface area (Å²) in [6.07, 6.45) is 0. The smallest absolute Gasteiger partial charge is 0.277 e. The van der Waals surface area contributed by atoms with Crippen LogP contribution in [0, 0.1) is 11.6 Å². The van der Waals surface area contributed by atoms with Gasteiger partial charge in [-0.3, -0.25) is 19.5 Å². The summed E-state index contributed by atoms with van der Waals surface area (Å²) in [5, 5.41) is 13.3. The highest BCUT2D eigenvalue weighted by Crippen LogP contribution is 2.41. The predicted octanol–water partition coefficient (Wildman–Crippen LogP) is 5.56. The molecule has 1 N–H and O–H groups in total. The first-order chi connectivity index (χ1) is 20.8. The minimum atomic E-state index is -0.412. The van der Waals surface area contributed by atoms with Crippen molar-refractivity contribution in [3.63, 3.8) is 0 Å². The highest BCUT2D eigenvalue weighted by molar-refractivity contribution is 6.13.